The average Bonchev–Trinajstić information content (AvgIpc) is 1.63. The van der Waals surface area contributed by atoms with Crippen molar-refractivity contribution >= 4 is 93.7 Å². The number of aromatic nitrogens is 14. The number of imidazole rings is 4. The van der Waals surface area contributed by atoms with Crippen molar-refractivity contribution in [2.75, 3.05) is 20.3 Å². The van der Waals surface area contributed by atoms with Gasteiger partial charge in [-0.1, -0.05) is 93.5 Å². The van der Waals surface area contributed by atoms with Crippen molar-refractivity contribution in [1.29, 1.82) is 0 Å². The van der Waals surface area contributed by atoms with Crippen molar-refractivity contribution in [1.82, 2.24) is 75.3 Å². The maximum absolute atomic E-state index is 14.8. The van der Waals surface area contributed by atoms with E-state index in [0.29, 0.717) is 94.8 Å². The summed E-state index contributed by atoms with van der Waals surface area (Å²) in [7, 11) is 1.61. The lowest BCUT2D eigenvalue weighted by atomic mass is 9.73. The van der Waals surface area contributed by atoms with Crippen molar-refractivity contribution in [3.63, 3.8) is 0 Å². The van der Waals surface area contributed by atoms with E-state index in [-0.39, 0.29) is 58.6 Å². The lowest BCUT2D eigenvalue weighted by Gasteiger charge is -2.32. The molecule has 9 aromatic heterocycles. The summed E-state index contributed by atoms with van der Waals surface area (Å²) in [5.41, 5.74) is 19.4. The van der Waals surface area contributed by atoms with Crippen LogP contribution in [0.2, 0.25) is 0 Å². The highest BCUT2D eigenvalue weighted by Crippen LogP contribution is 2.49. The molecular formula is C115H111F6N15O3. The molecule has 4 fully saturated rings. The number of carbonyl (C=O) groups is 1. The van der Waals surface area contributed by atoms with Crippen molar-refractivity contribution in [2.45, 2.75) is 185 Å². The van der Waals surface area contributed by atoms with Gasteiger partial charge >= 0.3 is 0 Å². The van der Waals surface area contributed by atoms with E-state index in [1.807, 2.05) is 153 Å². The molecule has 23 rings (SSSR count). The summed E-state index contributed by atoms with van der Waals surface area (Å²) < 4.78 is 95.6. The van der Waals surface area contributed by atoms with Gasteiger partial charge in [0.1, 0.15) is 58.2 Å². The molecule has 18 nitrogen and oxygen atoms in total. The Hall–Kier alpha value is -14.1. The number of H-pyrrole nitrogens is 4. The fourth-order valence-corrected chi connectivity index (χ4v) is 22.4. The van der Waals surface area contributed by atoms with E-state index in [2.05, 4.69) is 95.2 Å². The molecule has 139 heavy (non-hydrogen) atoms. The number of fused-ring (bicyclic) bond motifs is 8. The second-order valence-corrected chi connectivity index (χ2v) is 38.6. The smallest absolute Gasteiger partial charge is 0.257 e. The second-order valence-electron chi connectivity index (χ2n) is 38.6. The number of carbonyl (C=O) groups excluding carboxylic acids is 1. The molecule has 1 amide bonds. The highest BCUT2D eigenvalue weighted by Gasteiger charge is 2.36. The van der Waals surface area contributed by atoms with Crippen molar-refractivity contribution in [2.24, 2.45) is 23.7 Å². The predicted octanol–water partition coefficient (Wildman–Crippen LogP) is 28.7. The summed E-state index contributed by atoms with van der Waals surface area (Å²) >= 11 is 0. The number of ether oxygens (including phenoxy) is 1. The second kappa shape index (κ2) is 40.9. The molecule has 0 aliphatic heterocycles. The number of nitrogens with one attached hydrogen (secondary N) is 5. The van der Waals surface area contributed by atoms with Crippen LogP contribution in [0, 0.1) is 65.5 Å². The standard InChI is InChI=1S/2C30H27F2N3.C28H31FN4O2.C27H26FN5O/c2*1-18(30-34-28-16-24(20-5-3-2-4-6-20)26(32)17-29(28)35-30)19-7-9-21(10-8-19)23-13-14-33-27-12-11-22(31)15-25(23)27;1-17(27-32-25-9-7-20(15-26(25)33-27)28(34)31-13-14-35-2)18-3-5-19(6-4-18)22-11-12-30-24-10-8-21(29)16-23(22)24;1-15(26-31-24-9-7-19(13-25(24)32-26)27-30-16(2)33-34-27)17-3-5-18(6-4-17)21-11-12-29-23-10-8-20(28)14-22(21)23/h2*2-6,11-19,21H,7-10H2,1H3,(H,34,35);7-12,15-19H,3-6,13-14H2,1-2H3,(H,31,34)(H,32,33);7-15,17-18H,3-6H2,1-2H3,(H,31,32)/t2*18-,19?,21?;;/m10../s1. The SMILES string of the molecule is COCCNC(=O)c1ccc2nc(C(C)C3CCC(c4ccnc5ccc(F)cc45)CC3)[nH]c2c1.C[C@@H](c1nc2cc(-c3ccccc3)c(F)cc2[nH]1)C1CCC(c2ccnc3ccc(F)cc23)CC1.C[C@H](c1nc2cc(-c3ccccc3)c(F)cc2[nH]1)C1CCC(c2ccnc3ccc(F)cc23)CC1.Cc1noc(-c2ccc3nc(C(C)C4CCC(c5ccnc6ccc(F)cc56)CC4)[nH]c3c2)n1. The Balaban J connectivity index is 0.000000114. The van der Waals surface area contributed by atoms with Crippen LogP contribution in [0.4, 0.5) is 26.3 Å². The molecule has 9 heterocycles. The summed E-state index contributed by atoms with van der Waals surface area (Å²) in [5.74, 6) is 8.37. The van der Waals surface area contributed by atoms with Crippen LogP contribution in [0.5, 0.6) is 0 Å². The van der Waals surface area contributed by atoms with Gasteiger partial charge in [-0.25, -0.2) is 46.3 Å². The van der Waals surface area contributed by atoms with Crippen LogP contribution in [0.25, 0.3) is 121 Å². The summed E-state index contributed by atoms with van der Waals surface area (Å²) in [6.07, 6.45) is 24.6. The van der Waals surface area contributed by atoms with Crippen molar-refractivity contribution in [3.05, 3.63) is 335 Å². The monoisotopic (exact) mass is 1860 g/mol. The number of amides is 1. The molecule has 2 unspecified atom stereocenters. The molecule has 706 valence electrons. The topological polar surface area (TPSA) is 244 Å². The molecule has 4 atom stereocenters. The van der Waals surface area contributed by atoms with E-state index in [9.17, 15) is 31.1 Å². The summed E-state index contributed by atoms with van der Waals surface area (Å²) in [4.78, 5) is 67.6. The first kappa shape index (κ1) is 92.6. The Labute approximate surface area is 802 Å². The van der Waals surface area contributed by atoms with E-state index < -0.39 is 0 Å². The van der Waals surface area contributed by atoms with Gasteiger partial charge in [-0.15, -0.1) is 0 Å². The number of aryl methyl sites for hydroxylation is 1. The molecule has 5 N–H and O–H groups in total. The highest BCUT2D eigenvalue weighted by molar-refractivity contribution is 5.97. The van der Waals surface area contributed by atoms with Gasteiger partial charge in [0.05, 0.1) is 72.8 Å². The lowest BCUT2D eigenvalue weighted by Crippen LogP contribution is -2.26. The fourth-order valence-electron chi connectivity index (χ4n) is 22.4. The number of benzene rings is 10. The van der Waals surface area contributed by atoms with Gasteiger partial charge in [0.25, 0.3) is 11.8 Å². The minimum Gasteiger partial charge on any atom is -0.383 e. The normalized spacial score (nSPS) is 19.3. The van der Waals surface area contributed by atoms with Crippen LogP contribution < -0.4 is 5.32 Å². The van der Waals surface area contributed by atoms with Gasteiger partial charge in [0.2, 0.25) is 0 Å². The minimum atomic E-state index is -0.243. The molecule has 10 aromatic carbocycles. The first-order valence-electron chi connectivity index (χ1n) is 48.9. The number of aromatic amines is 4. The van der Waals surface area contributed by atoms with Crippen LogP contribution in [-0.2, 0) is 4.74 Å². The quantitative estimate of drug-likeness (QED) is 0.0374. The lowest BCUT2D eigenvalue weighted by molar-refractivity contribution is 0.0937. The molecule has 4 saturated carbocycles. The zero-order valence-electron chi connectivity index (χ0n) is 78.7. The maximum Gasteiger partial charge on any atom is 0.257 e. The zero-order valence-corrected chi connectivity index (χ0v) is 78.7. The Kier molecular flexibility index (Phi) is 27.2. The molecule has 0 saturated heterocycles. The van der Waals surface area contributed by atoms with Gasteiger partial charge in [0.15, 0.2) is 5.82 Å². The number of halogens is 6. The molecule has 4 aliphatic rings. The number of rotatable bonds is 19. The van der Waals surface area contributed by atoms with Crippen LogP contribution in [-0.4, -0.2) is 96.1 Å². The van der Waals surface area contributed by atoms with E-state index in [1.54, 1.807) is 67.8 Å². The van der Waals surface area contributed by atoms with E-state index in [1.165, 1.54) is 46.5 Å². The number of nitrogens with zero attached hydrogens (tertiary/aromatic N) is 10. The predicted molar refractivity (Wildman–Crippen MR) is 537 cm³/mol. The van der Waals surface area contributed by atoms with Gasteiger partial charge in [-0.3, -0.25) is 24.7 Å². The molecule has 0 radical (unpaired) electrons. The molecule has 0 bridgehead atoms. The largest absolute Gasteiger partial charge is 0.383 e. The molecule has 0 spiro atoms. The summed E-state index contributed by atoms with van der Waals surface area (Å²) in [6, 6.07) is 65.2. The van der Waals surface area contributed by atoms with Crippen LogP contribution in [0.1, 0.15) is 240 Å². The molecule has 19 aromatic rings. The van der Waals surface area contributed by atoms with E-state index in [4.69, 9.17) is 29.2 Å². The van der Waals surface area contributed by atoms with Gasteiger partial charge < -0.3 is 34.5 Å². The summed E-state index contributed by atoms with van der Waals surface area (Å²) in [5, 5.41) is 10.5. The summed E-state index contributed by atoms with van der Waals surface area (Å²) in [6.45, 7) is 11.7. The van der Waals surface area contributed by atoms with Crippen molar-refractivity contribution < 1.29 is 40.4 Å². The Morgan fingerprint density at radius 2 is 0.683 bits per heavy atom. The number of pyridine rings is 4. The van der Waals surface area contributed by atoms with E-state index in [0.717, 1.165) is 230 Å². The van der Waals surface area contributed by atoms with Gasteiger partial charge in [0, 0.05) is 118 Å². The molecular weight excluding hydrogens is 1750 g/mol. The Bertz CT molecular complexity index is 7390. The average molecular weight is 1870 g/mol. The number of methoxy groups -OCH3 is 1. The zero-order chi connectivity index (χ0) is 95.5. The van der Waals surface area contributed by atoms with Crippen LogP contribution in [0.3, 0.4) is 0 Å². The third-order valence-electron chi connectivity index (χ3n) is 30.3. The first-order valence-corrected chi connectivity index (χ1v) is 48.9. The fraction of sp³-hybridized carbons (Fsp3) is 0.313. The van der Waals surface area contributed by atoms with Crippen LogP contribution in [0.15, 0.2) is 248 Å². The Morgan fingerprint density at radius 1 is 0.360 bits per heavy atom. The Morgan fingerprint density at radius 3 is 1.02 bits per heavy atom. The number of hydrogen-bond donors (Lipinski definition) is 5. The third-order valence-corrected chi connectivity index (χ3v) is 30.3. The molecule has 24 heteroatoms. The third kappa shape index (κ3) is 20.2. The van der Waals surface area contributed by atoms with Crippen molar-refractivity contribution in [3.8, 4) is 33.7 Å². The minimum absolute atomic E-state index is 0.116. The van der Waals surface area contributed by atoms with Gasteiger partial charge in [-0.2, -0.15) is 4.98 Å². The van der Waals surface area contributed by atoms with Gasteiger partial charge in [-0.05, 0) is 336 Å². The van der Waals surface area contributed by atoms with Crippen LogP contribution >= 0.6 is 0 Å². The van der Waals surface area contributed by atoms with E-state index >= 15 is 0 Å². The maximum atomic E-state index is 14.8. The first-order chi connectivity index (χ1) is 67.7. The highest BCUT2D eigenvalue weighted by atomic mass is 19.1. The number of hydrogen-bond acceptors (Lipinski definition) is 13. The molecule has 4 aliphatic carbocycles.